The van der Waals surface area contributed by atoms with Gasteiger partial charge in [-0.25, -0.2) is 0 Å². The number of pyridine rings is 1. The summed E-state index contributed by atoms with van der Waals surface area (Å²) in [5.41, 5.74) is 1.29. The predicted octanol–water partition coefficient (Wildman–Crippen LogP) is 2.23. The van der Waals surface area contributed by atoms with Gasteiger partial charge in [-0.05, 0) is 50.4 Å². The van der Waals surface area contributed by atoms with Crippen molar-refractivity contribution >= 4 is 0 Å². The highest BCUT2D eigenvalue weighted by Crippen LogP contribution is 2.22. The minimum absolute atomic E-state index is 0.667. The normalized spacial score (nSPS) is 17.4. The summed E-state index contributed by atoms with van der Waals surface area (Å²) in [6.45, 7) is 5.13. The van der Waals surface area contributed by atoms with E-state index in [2.05, 4.69) is 26.1 Å². The molecule has 1 aliphatic rings. The van der Waals surface area contributed by atoms with Crippen LogP contribution < -0.4 is 0 Å². The number of nitrogens with zero attached hydrogens (tertiary/aromatic N) is 4. The van der Waals surface area contributed by atoms with Gasteiger partial charge in [0.05, 0.1) is 0 Å². The molecule has 0 atom stereocenters. The third kappa shape index (κ3) is 3.42. The lowest BCUT2D eigenvalue weighted by Crippen LogP contribution is -2.33. The maximum Gasteiger partial charge on any atom is 0.226 e. The molecule has 0 aliphatic carbocycles. The fraction of sp³-hybridized carbons (Fsp3) is 0.533. The fourth-order valence-electron chi connectivity index (χ4n) is 2.77. The van der Waals surface area contributed by atoms with E-state index in [1.165, 1.54) is 18.4 Å². The van der Waals surface area contributed by atoms with Gasteiger partial charge in [0, 0.05) is 25.4 Å². The number of piperidine rings is 1. The minimum atomic E-state index is 0.667. The van der Waals surface area contributed by atoms with Gasteiger partial charge in [-0.15, -0.1) is 0 Å². The highest BCUT2D eigenvalue weighted by atomic mass is 16.5. The maximum atomic E-state index is 5.21. The molecule has 0 saturated carbocycles. The fourth-order valence-corrected chi connectivity index (χ4v) is 2.77. The quantitative estimate of drug-likeness (QED) is 0.854. The molecule has 5 heteroatoms. The molecule has 0 bridgehead atoms. The molecule has 0 spiro atoms. The summed E-state index contributed by atoms with van der Waals surface area (Å²) in [4.78, 5) is 11.0. The number of rotatable bonds is 4. The van der Waals surface area contributed by atoms with Gasteiger partial charge in [0.1, 0.15) is 0 Å². The van der Waals surface area contributed by atoms with E-state index in [9.17, 15) is 0 Å². The molecule has 3 rings (SSSR count). The lowest BCUT2D eigenvalue weighted by Gasteiger charge is -2.31. The number of likely N-dealkylation sites (tertiary alicyclic amines) is 1. The Kier molecular flexibility index (Phi) is 4.06. The summed E-state index contributed by atoms with van der Waals surface area (Å²) in [5.74, 6) is 2.18. The van der Waals surface area contributed by atoms with Crippen molar-refractivity contribution in [2.45, 2.75) is 32.7 Å². The second-order valence-corrected chi connectivity index (χ2v) is 5.52. The Morgan fingerprint density at radius 3 is 2.85 bits per heavy atom. The SMILES string of the molecule is Cc1noc(CC2CCN(Cc3cccnc3)CC2)n1. The average molecular weight is 272 g/mol. The van der Waals surface area contributed by atoms with Crippen LogP contribution in [0, 0.1) is 12.8 Å². The number of aromatic nitrogens is 3. The molecule has 1 saturated heterocycles. The Morgan fingerprint density at radius 1 is 1.35 bits per heavy atom. The van der Waals surface area contributed by atoms with Crippen LogP contribution in [0.5, 0.6) is 0 Å². The Balaban J connectivity index is 1.47. The van der Waals surface area contributed by atoms with Gasteiger partial charge >= 0.3 is 0 Å². The largest absolute Gasteiger partial charge is 0.339 e. The standard InChI is InChI=1S/C15H20N4O/c1-12-17-15(20-18-12)9-13-4-7-19(8-5-13)11-14-3-2-6-16-10-14/h2-3,6,10,13H,4-5,7-9,11H2,1H3. The molecule has 0 aromatic carbocycles. The zero-order valence-electron chi connectivity index (χ0n) is 11.8. The van der Waals surface area contributed by atoms with Crippen LogP contribution in [0.2, 0.25) is 0 Å². The summed E-state index contributed by atoms with van der Waals surface area (Å²) in [5, 5.41) is 3.85. The molecular weight excluding hydrogens is 252 g/mol. The second kappa shape index (κ2) is 6.13. The molecule has 0 unspecified atom stereocenters. The molecule has 106 valence electrons. The number of hydrogen-bond acceptors (Lipinski definition) is 5. The van der Waals surface area contributed by atoms with Crippen molar-refractivity contribution < 1.29 is 4.52 Å². The summed E-state index contributed by atoms with van der Waals surface area (Å²) >= 11 is 0. The van der Waals surface area contributed by atoms with Crippen molar-refractivity contribution in [2.75, 3.05) is 13.1 Å². The lowest BCUT2D eigenvalue weighted by molar-refractivity contribution is 0.170. The van der Waals surface area contributed by atoms with E-state index >= 15 is 0 Å². The first-order valence-corrected chi connectivity index (χ1v) is 7.20. The van der Waals surface area contributed by atoms with Crippen LogP contribution in [0.3, 0.4) is 0 Å². The van der Waals surface area contributed by atoms with Crippen LogP contribution in [-0.4, -0.2) is 33.1 Å². The third-order valence-corrected chi connectivity index (χ3v) is 3.87. The zero-order chi connectivity index (χ0) is 13.8. The number of aryl methyl sites for hydroxylation is 1. The topological polar surface area (TPSA) is 55.1 Å². The molecule has 0 N–H and O–H groups in total. The zero-order valence-corrected chi connectivity index (χ0v) is 11.8. The Hall–Kier alpha value is -1.75. The van der Waals surface area contributed by atoms with Crippen LogP contribution in [0.1, 0.15) is 30.1 Å². The van der Waals surface area contributed by atoms with Crippen LogP contribution >= 0.6 is 0 Å². The average Bonchev–Trinajstić information content (AvgIpc) is 2.88. The summed E-state index contributed by atoms with van der Waals surface area (Å²) in [6, 6.07) is 4.14. The van der Waals surface area contributed by atoms with Crippen LogP contribution in [0.4, 0.5) is 0 Å². The second-order valence-electron chi connectivity index (χ2n) is 5.52. The van der Waals surface area contributed by atoms with Crippen LogP contribution in [0.25, 0.3) is 0 Å². The molecule has 0 radical (unpaired) electrons. The molecule has 1 aliphatic heterocycles. The Morgan fingerprint density at radius 2 is 2.20 bits per heavy atom. The highest BCUT2D eigenvalue weighted by molar-refractivity contribution is 5.08. The summed E-state index contributed by atoms with van der Waals surface area (Å²) in [6.07, 6.45) is 7.08. The third-order valence-electron chi connectivity index (χ3n) is 3.87. The van der Waals surface area contributed by atoms with Gasteiger partial charge in [-0.2, -0.15) is 4.98 Å². The molecule has 1 fully saturated rings. The first-order chi connectivity index (χ1) is 9.79. The van der Waals surface area contributed by atoms with E-state index in [1.54, 1.807) is 0 Å². The first kappa shape index (κ1) is 13.2. The van der Waals surface area contributed by atoms with Crippen LogP contribution in [0.15, 0.2) is 29.0 Å². The van der Waals surface area contributed by atoms with Gasteiger partial charge in [0.2, 0.25) is 5.89 Å². The molecule has 2 aromatic heterocycles. The van der Waals surface area contributed by atoms with Crippen molar-refractivity contribution in [1.82, 2.24) is 20.0 Å². The van der Waals surface area contributed by atoms with Crippen LogP contribution in [-0.2, 0) is 13.0 Å². The molecule has 5 nitrogen and oxygen atoms in total. The molecule has 20 heavy (non-hydrogen) atoms. The Bertz CT molecular complexity index is 532. The molecule has 0 amide bonds. The molecule has 3 heterocycles. The van der Waals surface area contributed by atoms with E-state index < -0.39 is 0 Å². The van der Waals surface area contributed by atoms with Gasteiger partial charge in [0.25, 0.3) is 0 Å². The van der Waals surface area contributed by atoms with Crippen molar-refractivity contribution in [2.24, 2.45) is 5.92 Å². The summed E-state index contributed by atoms with van der Waals surface area (Å²) < 4.78 is 5.21. The van der Waals surface area contributed by atoms with Gasteiger partial charge in [0.15, 0.2) is 5.82 Å². The smallest absolute Gasteiger partial charge is 0.226 e. The van der Waals surface area contributed by atoms with E-state index in [1.807, 2.05) is 25.4 Å². The molecule has 2 aromatic rings. The van der Waals surface area contributed by atoms with E-state index in [0.29, 0.717) is 5.92 Å². The summed E-state index contributed by atoms with van der Waals surface area (Å²) in [7, 11) is 0. The lowest BCUT2D eigenvalue weighted by atomic mass is 9.93. The van der Waals surface area contributed by atoms with Gasteiger partial charge in [-0.1, -0.05) is 11.2 Å². The van der Waals surface area contributed by atoms with Crippen molar-refractivity contribution in [3.8, 4) is 0 Å². The van der Waals surface area contributed by atoms with E-state index in [4.69, 9.17) is 4.52 Å². The van der Waals surface area contributed by atoms with Gasteiger partial charge in [-0.3, -0.25) is 9.88 Å². The van der Waals surface area contributed by atoms with Crippen molar-refractivity contribution in [1.29, 1.82) is 0 Å². The molecular formula is C15H20N4O. The van der Waals surface area contributed by atoms with Crippen molar-refractivity contribution in [3.05, 3.63) is 41.8 Å². The van der Waals surface area contributed by atoms with Crippen molar-refractivity contribution in [3.63, 3.8) is 0 Å². The maximum absolute atomic E-state index is 5.21. The highest BCUT2D eigenvalue weighted by Gasteiger charge is 2.21. The van der Waals surface area contributed by atoms with E-state index in [0.717, 1.165) is 37.8 Å². The van der Waals surface area contributed by atoms with Gasteiger partial charge < -0.3 is 4.52 Å². The Labute approximate surface area is 119 Å². The first-order valence-electron chi connectivity index (χ1n) is 7.20. The monoisotopic (exact) mass is 272 g/mol. The van der Waals surface area contributed by atoms with E-state index in [-0.39, 0.29) is 0 Å². The minimum Gasteiger partial charge on any atom is -0.339 e. The number of hydrogen-bond donors (Lipinski definition) is 0. The predicted molar refractivity (Wildman–Crippen MR) is 75.0 cm³/mol.